The number of anilines is 2. The first-order valence-electron chi connectivity index (χ1n) is 13.6. The van der Waals surface area contributed by atoms with Crippen molar-refractivity contribution in [2.45, 2.75) is 44.4 Å². The third kappa shape index (κ3) is 8.42. The second-order valence-corrected chi connectivity index (χ2v) is 12.7. The molecular weight excluding hydrogens is 534 g/mol. The number of para-hydroxylation sites is 1. The molecule has 0 saturated carbocycles. The number of aryl methyl sites for hydroxylation is 1. The van der Waals surface area contributed by atoms with E-state index >= 15 is 0 Å². The number of rotatable bonds is 10. The normalized spacial score (nSPS) is 11.6. The molecule has 0 aromatic heterocycles. The molecule has 0 bridgehead atoms. The zero-order valence-corrected chi connectivity index (χ0v) is 24.7. The van der Waals surface area contributed by atoms with Crippen LogP contribution < -0.4 is 19.7 Å². The molecule has 0 unspecified atom stereocenters. The van der Waals surface area contributed by atoms with Crippen LogP contribution in [-0.2, 0) is 15.4 Å². The van der Waals surface area contributed by atoms with E-state index in [1.165, 1.54) is 0 Å². The molecule has 0 atom stereocenters. The summed E-state index contributed by atoms with van der Waals surface area (Å²) < 4.78 is 34.3. The van der Waals surface area contributed by atoms with Gasteiger partial charge in [-0.2, -0.15) is 0 Å². The van der Waals surface area contributed by atoms with Crippen molar-refractivity contribution in [3.05, 3.63) is 114 Å². The van der Waals surface area contributed by atoms with Gasteiger partial charge in [-0.1, -0.05) is 63.2 Å². The summed E-state index contributed by atoms with van der Waals surface area (Å²) in [4.78, 5) is 15.2. The maximum Gasteiger partial charge on any atom is 0.326 e. The maximum atomic E-state index is 13.4. The zero-order valence-electron chi connectivity index (χ0n) is 23.9. The molecule has 0 radical (unpaired) electrons. The van der Waals surface area contributed by atoms with Gasteiger partial charge in [0.25, 0.3) is 0 Å². The minimum Gasteiger partial charge on any atom is -0.457 e. The number of sulfonamides is 1. The molecule has 0 fully saturated rings. The van der Waals surface area contributed by atoms with E-state index in [1.54, 1.807) is 29.2 Å². The molecule has 41 heavy (non-hydrogen) atoms. The Kier molecular flexibility index (Phi) is 9.47. The Morgan fingerprint density at radius 3 is 2.12 bits per heavy atom. The van der Waals surface area contributed by atoms with Gasteiger partial charge in [0.15, 0.2) is 0 Å². The average molecular weight is 572 g/mol. The molecule has 4 rings (SSSR count). The van der Waals surface area contributed by atoms with Crippen LogP contribution in [0.15, 0.2) is 108 Å². The van der Waals surface area contributed by atoms with E-state index in [-0.39, 0.29) is 22.9 Å². The summed E-state index contributed by atoms with van der Waals surface area (Å²) in [5, 5.41) is 2.95. The van der Waals surface area contributed by atoms with Crippen molar-refractivity contribution in [3.63, 3.8) is 0 Å². The fourth-order valence-electron chi connectivity index (χ4n) is 4.24. The fraction of sp³-hybridized carbons (Fsp3) is 0.242. The van der Waals surface area contributed by atoms with Crippen molar-refractivity contribution in [2.75, 3.05) is 23.3 Å². The van der Waals surface area contributed by atoms with Crippen LogP contribution in [0.5, 0.6) is 11.5 Å². The molecule has 2 amide bonds. The highest BCUT2D eigenvalue weighted by Gasteiger charge is 2.19. The molecule has 0 heterocycles. The summed E-state index contributed by atoms with van der Waals surface area (Å²) in [5.41, 5.74) is 3.37. The van der Waals surface area contributed by atoms with Crippen molar-refractivity contribution < 1.29 is 17.9 Å². The molecule has 2 N–H and O–H groups in total. The molecule has 0 spiro atoms. The second kappa shape index (κ2) is 13.0. The Morgan fingerprint density at radius 2 is 1.49 bits per heavy atom. The van der Waals surface area contributed by atoms with Crippen LogP contribution in [0.4, 0.5) is 16.2 Å². The molecule has 0 saturated heterocycles. The van der Waals surface area contributed by atoms with E-state index in [0.29, 0.717) is 30.1 Å². The van der Waals surface area contributed by atoms with E-state index < -0.39 is 10.0 Å². The summed E-state index contributed by atoms with van der Waals surface area (Å²) in [6.45, 7) is 8.68. The lowest BCUT2D eigenvalue weighted by molar-refractivity contribution is 0.257. The summed E-state index contributed by atoms with van der Waals surface area (Å²) in [6.07, 6.45) is 0.406. The number of carbonyl (C=O) groups excluding carboxylic acids is 1. The van der Waals surface area contributed by atoms with Gasteiger partial charge in [-0.3, -0.25) is 4.90 Å². The molecule has 0 aliphatic heterocycles. The van der Waals surface area contributed by atoms with Crippen LogP contribution >= 0.6 is 0 Å². The highest BCUT2D eigenvalue weighted by molar-refractivity contribution is 7.89. The first-order valence-corrected chi connectivity index (χ1v) is 15.1. The van der Waals surface area contributed by atoms with Crippen molar-refractivity contribution in [3.8, 4) is 11.5 Å². The highest BCUT2D eigenvalue weighted by atomic mass is 32.2. The van der Waals surface area contributed by atoms with Gasteiger partial charge in [0.05, 0.1) is 4.90 Å². The highest BCUT2D eigenvalue weighted by Crippen LogP contribution is 2.26. The first-order chi connectivity index (χ1) is 19.5. The van der Waals surface area contributed by atoms with E-state index in [0.717, 1.165) is 16.9 Å². The smallest absolute Gasteiger partial charge is 0.326 e. The largest absolute Gasteiger partial charge is 0.457 e. The van der Waals surface area contributed by atoms with Crippen molar-refractivity contribution in [1.29, 1.82) is 0 Å². The minimum atomic E-state index is -3.68. The fourth-order valence-corrected chi connectivity index (χ4v) is 5.32. The number of amides is 2. The maximum absolute atomic E-state index is 13.4. The quantitative estimate of drug-likeness (QED) is 0.193. The molecule has 4 aromatic rings. The predicted octanol–water partition coefficient (Wildman–Crippen LogP) is 7.49. The molecule has 0 aliphatic rings. The Bertz CT molecular complexity index is 1550. The number of hydrogen-bond donors (Lipinski definition) is 2. The van der Waals surface area contributed by atoms with Gasteiger partial charge >= 0.3 is 6.03 Å². The van der Waals surface area contributed by atoms with Gasteiger partial charge in [-0.05, 0) is 90.6 Å². The van der Waals surface area contributed by atoms with E-state index in [4.69, 9.17) is 4.74 Å². The van der Waals surface area contributed by atoms with Crippen molar-refractivity contribution in [1.82, 2.24) is 4.72 Å². The number of benzene rings is 4. The van der Waals surface area contributed by atoms with Gasteiger partial charge < -0.3 is 10.1 Å². The summed E-state index contributed by atoms with van der Waals surface area (Å²) in [6, 6.07) is 30.9. The number of urea groups is 1. The van der Waals surface area contributed by atoms with Crippen LogP contribution in [0, 0.1) is 6.92 Å². The number of nitrogens with zero attached hydrogens (tertiary/aromatic N) is 1. The lowest BCUT2D eigenvalue weighted by Crippen LogP contribution is -2.37. The number of nitrogens with one attached hydrogen (secondary N) is 2. The van der Waals surface area contributed by atoms with Crippen LogP contribution in [0.3, 0.4) is 0 Å². The lowest BCUT2D eigenvalue weighted by atomic mass is 9.87. The topological polar surface area (TPSA) is 87.7 Å². The Labute approximate surface area is 243 Å². The van der Waals surface area contributed by atoms with Crippen LogP contribution in [-0.4, -0.2) is 27.5 Å². The number of ether oxygens (including phenoxy) is 1. The van der Waals surface area contributed by atoms with E-state index in [2.05, 4.69) is 30.8 Å². The van der Waals surface area contributed by atoms with Crippen LogP contribution in [0.2, 0.25) is 0 Å². The average Bonchev–Trinajstić information content (AvgIpc) is 2.94. The molecule has 7 nitrogen and oxygen atoms in total. The third-order valence-corrected chi connectivity index (χ3v) is 8.00. The number of hydrogen-bond acceptors (Lipinski definition) is 4. The first kappa shape index (κ1) is 29.8. The molecule has 4 aromatic carbocycles. The van der Waals surface area contributed by atoms with Gasteiger partial charge in [0.1, 0.15) is 11.5 Å². The third-order valence-electron chi connectivity index (χ3n) is 6.52. The van der Waals surface area contributed by atoms with Crippen LogP contribution in [0.1, 0.15) is 38.3 Å². The second-order valence-electron chi connectivity index (χ2n) is 10.9. The van der Waals surface area contributed by atoms with Crippen molar-refractivity contribution in [2.24, 2.45) is 0 Å². The van der Waals surface area contributed by atoms with Crippen LogP contribution in [0.25, 0.3) is 0 Å². The minimum absolute atomic E-state index is 0.0654. The SMILES string of the molecule is Cc1cccc(NC(=O)N(CCCNS(=O)(=O)c2ccc(C(C)(C)C)cc2)c2ccc(Oc3ccccc3)cc2)c1. The summed E-state index contributed by atoms with van der Waals surface area (Å²) in [7, 11) is -3.68. The van der Waals surface area contributed by atoms with E-state index in [9.17, 15) is 13.2 Å². The lowest BCUT2D eigenvalue weighted by Gasteiger charge is -2.24. The van der Waals surface area contributed by atoms with E-state index in [1.807, 2.05) is 85.8 Å². The molecule has 8 heteroatoms. The Hall–Kier alpha value is -4.14. The monoisotopic (exact) mass is 571 g/mol. The summed E-state index contributed by atoms with van der Waals surface area (Å²) >= 11 is 0. The van der Waals surface area contributed by atoms with Gasteiger partial charge in [0, 0.05) is 24.5 Å². The van der Waals surface area contributed by atoms with Crippen molar-refractivity contribution >= 4 is 27.4 Å². The standard InChI is InChI=1S/C33H37N3O4S/c1-25-10-8-11-27(24-25)35-32(37)36(28-16-18-30(19-17-28)40-29-12-6-5-7-13-29)23-9-22-34-41(38,39)31-20-14-26(15-21-31)33(2,3)4/h5-8,10-21,24,34H,9,22-23H2,1-4H3,(H,35,37). The number of carbonyl (C=O) groups is 1. The molecule has 214 valence electrons. The Morgan fingerprint density at radius 1 is 0.829 bits per heavy atom. The van der Waals surface area contributed by atoms with Gasteiger partial charge in [-0.25, -0.2) is 17.9 Å². The van der Waals surface area contributed by atoms with Gasteiger partial charge in [0.2, 0.25) is 10.0 Å². The molecule has 0 aliphatic carbocycles. The summed E-state index contributed by atoms with van der Waals surface area (Å²) in [5.74, 6) is 1.36. The molecular formula is C33H37N3O4S. The predicted molar refractivity (Wildman–Crippen MR) is 165 cm³/mol. The zero-order chi connectivity index (χ0) is 29.5. The van der Waals surface area contributed by atoms with Gasteiger partial charge in [-0.15, -0.1) is 0 Å². The Balaban J connectivity index is 1.44.